The van der Waals surface area contributed by atoms with Gasteiger partial charge in [0.25, 0.3) is 0 Å². The van der Waals surface area contributed by atoms with Crippen molar-refractivity contribution in [2.24, 2.45) is 0 Å². The van der Waals surface area contributed by atoms with Gasteiger partial charge in [-0.1, -0.05) is 12.1 Å². The topological polar surface area (TPSA) is 71.2 Å². The van der Waals surface area contributed by atoms with E-state index in [9.17, 15) is 5.11 Å². The van der Waals surface area contributed by atoms with Crippen LogP contribution in [-0.4, -0.2) is 16.6 Å². The molecule has 0 aliphatic heterocycles. The van der Waals surface area contributed by atoms with E-state index in [4.69, 9.17) is 5.73 Å². The standard InChI is InChI=1S/C14H17N3O/c1-10-6-7-16-14(8-10)17-9-13(18)11-2-4-12(15)5-3-11/h2-8,13,18H,9,15H2,1H3,(H,16,17). The summed E-state index contributed by atoms with van der Waals surface area (Å²) in [6.45, 7) is 2.42. The number of nitrogens with zero attached hydrogens (tertiary/aromatic N) is 1. The fourth-order valence-electron chi connectivity index (χ4n) is 1.67. The molecule has 0 aliphatic rings. The Balaban J connectivity index is 1.96. The second kappa shape index (κ2) is 5.51. The van der Waals surface area contributed by atoms with Gasteiger partial charge in [-0.3, -0.25) is 0 Å². The first-order valence-corrected chi connectivity index (χ1v) is 5.85. The van der Waals surface area contributed by atoms with Gasteiger partial charge in [0.05, 0.1) is 6.10 Å². The van der Waals surface area contributed by atoms with Gasteiger partial charge in [-0.2, -0.15) is 0 Å². The maximum absolute atomic E-state index is 10.0. The van der Waals surface area contributed by atoms with Crippen molar-refractivity contribution in [1.29, 1.82) is 0 Å². The molecule has 1 unspecified atom stereocenters. The molecular formula is C14H17N3O. The molecule has 0 radical (unpaired) electrons. The fourth-order valence-corrected chi connectivity index (χ4v) is 1.67. The Kier molecular flexibility index (Phi) is 3.79. The van der Waals surface area contributed by atoms with Crippen molar-refractivity contribution in [3.05, 3.63) is 53.7 Å². The maximum atomic E-state index is 10.0. The number of hydrogen-bond donors (Lipinski definition) is 3. The van der Waals surface area contributed by atoms with Crippen molar-refractivity contribution in [2.75, 3.05) is 17.6 Å². The summed E-state index contributed by atoms with van der Waals surface area (Å²) in [5.74, 6) is 0.768. The average Bonchev–Trinajstić information content (AvgIpc) is 2.37. The number of aliphatic hydroxyl groups is 1. The number of aryl methyl sites for hydroxylation is 1. The lowest BCUT2D eigenvalue weighted by Gasteiger charge is -2.13. The molecule has 0 saturated carbocycles. The van der Waals surface area contributed by atoms with Gasteiger partial charge in [-0.05, 0) is 42.3 Å². The number of nitrogens with one attached hydrogen (secondary N) is 1. The minimum atomic E-state index is -0.576. The van der Waals surface area contributed by atoms with Crippen LogP contribution in [0.15, 0.2) is 42.6 Å². The summed E-state index contributed by atoms with van der Waals surface area (Å²) in [4.78, 5) is 4.18. The van der Waals surface area contributed by atoms with Gasteiger partial charge in [0.1, 0.15) is 5.82 Å². The van der Waals surface area contributed by atoms with Crippen molar-refractivity contribution >= 4 is 11.5 Å². The van der Waals surface area contributed by atoms with E-state index in [-0.39, 0.29) is 0 Å². The highest BCUT2D eigenvalue weighted by Crippen LogP contribution is 2.15. The molecule has 2 rings (SSSR count). The average molecular weight is 243 g/mol. The molecule has 0 spiro atoms. The summed E-state index contributed by atoms with van der Waals surface area (Å²) >= 11 is 0. The zero-order chi connectivity index (χ0) is 13.0. The van der Waals surface area contributed by atoms with E-state index in [1.165, 1.54) is 0 Å². The zero-order valence-corrected chi connectivity index (χ0v) is 10.3. The van der Waals surface area contributed by atoms with Crippen LogP contribution < -0.4 is 11.1 Å². The molecule has 1 aromatic carbocycles. The molecule has 1 aromatic heterocycles. The van der Waals surface area contributed by atoms with Crippen molar-refractivity contribution < 1.29 is 5.11 Å². The normalized spacial score (nSPS) is 12.1. The largest absolute Gasteiger partial charge is 0.399 e. The van der Waals surface area contributed by atoms with Crippen LogP contribution in [-0.2, 0) is 0 Å². The number of hydrogen-bond acceptors (Lipinski definition) is 4. The lowest BCUT2D eigenvalue weighted by atomic mass is 10.1. The van der Waals surface area contributed by atoms with Crippen molar-refractivity contribution in [3.8, 4) is 0 Å². The third-order valence-electron chi connectivity index (χ3n) is 2.71. The summed E-state index contributed by atoms with van der Waals surface area (Å²) < 4.78 is 0. The zero-order valence-electron chi connectivity index (χ0n) is 10.3. The SMILES string of the molecule is Cc1ccnc(NCC(O)c2ccc(N)cc2)c1. The highest BCUT2D eigenvalue weighted by atomic mass is 16.3. The molecule has 0 amide bonds. The van der Waals surface area contributed by atoms with Gasteiger partial charge >= 0.3 is 0 Å². The van der Waals surface area contributed by atoms with E-state index in [2.05, 4.69) is 10.3 Å². The molecule has 1 heterocycles. The van der Waals surface area contributed by atoms with Crippen LogP contribution in [0.4, 0.5) is 11.5 Å². The van der Waals surface area contributed by atoms with Gasteiger partial charge in [-0.15, -0.1) is 0 Å². The summed E-state index contributed by atoms with van der Waals surface area (Å²) in [6, 6.07) is 11.1. The van der Waals surface area contributed by atoms with Crippen LogP contribution >= 0.6 is 0 Å². The van der Waals surface area contributed by atoms with E-state index < -0.39 is 6.10 Å². The molecule has 2 aromatic rings. The van der Waals surface area contributed by atoms with Crippen LogP contribution in [0.5, 0.6) is 0 Å². The molecule has 0 saturated heterocycles. The van der Waals surface area contributed by atoms with E-state index in [0.29, 0.717) is 12.2 Å². The van der Waals surface area contributed by atoms with Gasteiger partial charge in [0.2, 0.25) is 0 Å². The highest BCUT2D eigenvalue weighted by molar-refractivity contribution is 5.41. The predicted molar refractivity (Wildman–Crippen MR) is 73.3 cm³/mol. The number of nitrogens with two attached hydrogens (primary N) is 1. The van der Waals surface area contributed by atoms with Crippen LogP contribution in [0.2, 0.25) is 0 Å². The van der Waals surface area contributed by atoms with E-state index in [0.717, 1.165) is 16.9 Å². The Bertz CT molecular complexity index is 511. The first-order chi connectivity index (χ1) is 8.65. The first kappa shape index (κ1) is 12.4. The monoisotopic (exact) mass is 243 g/mol. The van der Waals surface area contributed by atoms with Crippen LogP contribution in [0.3, 0.4) is 0 Å². The Hall–Kier alpha value is -2.07. The minimum Gasteiger partial charge on any atom is -0.399 e. The molecule has 1 atom stereocenters. The van der Waals surface area contributed by atoms with Gasteiger partial charge in [-0.25, -0.2) is 4.98 Å². The number of benzene rings is 1. The highest BCUT2D eigenvalue weighted by Gasteiger charge is 2.07. The quantitative estimate of drug-likeness (QED) is 0.719. The number of pyridine rings is 1. The van der Waals surface area contributed by atoms with Crippen molar-refractivity contribution in [1.82, 2.24) is 4.98 Å². The molecule has 0 bridgehead atoms. The number of anilines is 2. The summed E-state index contributed by atoms with van der Waals surface area (Å²) in [5, 5.41) is 13.1. The van der Waals surface area contributed by atoms with Gasteiger partial charge < -0.3 is 16.2 Å². The predicted octanol–water partition coefficient (Wildman–Crippen LogP) is 2.12. The fraction of sp³-hybridized carbons (Fsp3) is 0.214. The minimum absolute atomic E-state index is 0.417. The maximum Gasteiger partial charge on any atom is 0.126 e. The molecule has 94 valence electrons. The van der Waals surface area contributed by atoms with Crippen LogP contribution in [0.1, 0.15) is 17.2 Å². The first-order valence-electron chi connectivity index (χ1n) is 5.85. The molecule has 18 heavy (non-hydrogen) atoms. The molecule has 4 nitrogen and oxygen atoms in total. The van der Waals surface area contributed by atoms with E-state index in [1.54, 1.807) is 18.3 Å². The Labute approximate surface area is 106 Å². The van der Waals surface area contributed by atoms with Crippen molar-refractivity contribution in [3.63, 3.8) is 0 Å². The molecule has 4 heteroatoms. The van der Waals surface area contributed by atoms with Gasteiger partial charge in [0, 0.05) is 18.4 Å². The summed E-state index contributed by atoms with van der Waals surface area (Å²) in [7, 11) is 0. The Morgan fingerprint density at radius 3 is 2.67 bits per heavy atom. The summed E-state index contributed by atoms with van der Waals surface area (Å²) in [6.07, 6.45) is 1.17. The summed E-state index contributed by atoms with van der Waals surface area (Å²) in [5.41, 5.74) is 8.27. The van der Waals surface area contributed by atoms with E-state index >= 15 is 0 Å². The Morgan fingerprint density at radius 2 is 2.00 bits per heavy atom. The molecular weight excluding hydrogens is 226 g/mol. The lowest BCUT2D eigenvalue weighted by molar-refractivity contribution is 0.191. The van der Waals surface area contributed by atoms with Crippen LogP contribution in [0.25, 0.3) is 0 Å². The second-order valence-corrected chi connectivity index (χ2v) is 4.28. The lowest BCUT2D eigenvalue weighted by Crippen LogP contribution is -2.13. The smallest absolute Gasteiger partial charge is 0.126 e. The molecule has 4 N–H and O–H groups in total. The van der Waals surface area contributed by atoms with Crippen LogP contribution in [0, 0.1) is 6.92 Å². The molecule has 0 fully saturated rings. The van der Waals surface area contributed by atoms with E-state index in [1.807, 2.05) is 31.2 Å². The number of aromatic nitrogens is 1. The third-order valence-corrected chi connectivity index (χ3v) is 2.71. The number of nitrogen functional groups attached to an aromatic ring is 1. The van der Waals surface area contributed by atoms with Gasteiger partial charge in [0.15, 0.2) is 0 Å². The second-order valence-electron chi connectivity index (χ2n) is 4.28. The number of rotatable bonds is 4. The third kappa shape index (κ3) is 3.21. The molecule has 0 aliphatic carbocycles. The Morgan fingerprint density at radius 1 is 1.28 bits per heavy atom. The van der Waals surface area contributed by atoms with Crippen molar-refractivity contribution in [2.45, 2.75) is 13.0 Å². The number of aliphatic hydroxyl groups excluding tert-OH is 1.